The number of hydrogen-bond donors (Lipinski definition) is 1. The Morgan fingerprint density at radius 3 is 2.62 bits per heavy atom. The van der Waals surface area contributed by atoms with Gasteiger partial charge in [-0.25, -0.2) is 0 Å². The van der Waals surface area contributed by atoms with Gasteiger partial charge in [-0.2, -0.15) is 0 Å². The second kappa shape index (κ2) is 8.55. The molecule has 0 saturated heterocycles. The lowest BCUT2D eigenvalue weighted by molar-refractivity contribution is 0.101. The Kier molecular flexibility index (Phi) is 5.69. The third kappa shape index (κ3) is 4.06. The van der Waals surface area contributed by atoms with E-state index in [-0.39, 0.29) is 11.5 Å². The molecule has 0 amide bonds. The molecule has 0 spiro atoms. The first-order chi connectivity index (χ1) is 14.2. The fraction of sp³-hybridized carbons (Fsp3) is 0.0952. The Morgan fingerprint density at radius 2 is 1.90 bits per heavy atom. The van der Waals surface area contributed by atoms with Crippen molar-refractivity contribution in [1.82, 2.24) is 19.7 Å². The molecule has 2 aromatic heterocycles. The summed E-state index contributed by atoms with van der Waals surface area (Å²) in [6.07, 6.45) is 1.73. The number of Topliss-reactive ketones (excluding diaryl/α,β-unsaturated/α-hetero) is 1. The van der Waals surface area contributed by atoms with Gasteiger partial charge in [-0.05, 0) is 48.5 Å². The summed E-state index contributed by atoms with van der Waals surface area (Å²) in [5.41, 5.74) is 2.22. The quantitative estimate of drug-likeness (QED) is 0.337. The number of methoxy groups -OCH3 is 1. The molecule has 0 aliphatic carbocycles. The van der Waals surface area contributed by atoms with E-state index in [1.165, 1.54) is 11.8 Å². The van der Waals surface area contributed by atoms with Crippen LogP contribution in [0, 0.1) is 0 Å². The smallest absolute Gasteiger partial charge is 0.196 e. The zero-order valence-corrected chi connectivity index (χ0v) is 17.1. The molecular formula is C21H17ClN4O2S. The van der Waals surface area contributed by atoms with E-state index in [0.717, 1.165) is 11.3 Å². The molecule has 2 heterocycles. The summed E-state index contributed by atoms with van der Waals surface area (Å²) in [4.78, 5) is 15.3. The largest absolute Gasteiger partial charge is 0.496 e. The van der Waals surface area contributed by atoms with Crippen molar-refractivity contribution in [2.45, 2.75) is 5.16 Å². The number of para-hydroxylation sites is 1. The van der Waals surface area contributed by atoms with Gasteiger partial charge in [-0.15, -0.1) is 10.2 Å². The van der Waals surface area contributed by atoms with Crippen LogP contribution in [-0.2, 0) is 0 Å². The number of nitrogens with zero attached hydrogens (tertiary/aromatic N) is 3. The molecule has 2 aromatic carbocycles. The minimum Gasteiger partial charge on any atom is -0.496 e. The average Bonchev–Trinajstić information content (AvgIpc) is 3.43. The molecule has 0 saturated carbocycles. The zero-order valence-electron chi connectivity index (χ0n) is 15.5. The first kappa shape index (κ1) is 19.3. The molecule has 0 atom stereocenters. The molecule has 0 fully saturated rings. The van der Waals surface area contributed by atoms with Crippen molar-refractivity contribution in [1.29, 1.82) is 0 Å². The first-order valence-electron chi connectivity index (χ1n) is 8.81. The van der Waals surface area contributed by atoms with Gasteiger partial charge in [0.15, 0.2) is 16.8 Å². The zero-order chi connectivity index (χ0) is 20.2. The Labute approximate surface area is 176 Å². The normalized spacial score (nSPS) is 10.8. The Morgan fingerprint density at radius 1 is 1.10 bits per heavy atom. The first-order valence-corrected chi connectivity index (χ1v) is 10.2. The van der Waals surface area contributed by atoms with Gasteiger partial charge >= 0.3 is 0 Å². The van der Waals surface area contributed by atoms with Crippen LogP contribution >= 0.6 is 23.4 Å². The number of ketones is 1. The van der Waals surface area contributed by atoms with E-state index in [0.29, 0.717) is 27.4 Å². The third-order valence-electron chi connectivity index (χ3n) is 4.30. The number of aromatic nitrogens is 4. The van der Waals surface area contributed by atoms with Crippen LogP contribution in [-0.4, -0.2) is 38.4 Å². The number of H-pyrrole nitrogens is 1. The summed E-state index contributed by atoms with van der Waals surface area (Å²) in [5.74, 6) is 1.54. The van der Waals surface area contributed by atoms with Gasteiger partial charge in [0.2, 0.25) is 0 Å². The molecule has 0 aliphatic heterocycles. The second-order valence-corrected chi connectivity index (χ2v) is 7.49. The van der Waals surface area contributed by atoms with E-state index in [1.54, 1.807) is 37.6 Å². The van der Waals surface area contributed by atoms with Crippen molar-refractivity contribution in [3.8, 4) is 22.8 Å². The average molecular weight is 425 g/mol. The number of nitrogens with one attached hydrogen (secondary N) is 1. The van der Waals surface area contributed by atoms with Crippen molar-refractivity contribution < 1.29 is 9.53 Å². The van der Waals surface area contributed by atoms with Gasteiger partial charge in [0, 0.05) is 16.9 Å². The molecule has 6 nitrogen and oxygen atoms in total. The number of halogens is 1. The molecular weight excluding hydrogens is 408 g/mol. The Hall–Kier alpha value is -3.03. The van der Waals surface area contributed by atoms with E-state index in [9.17, 15) is 4.79 Å². The van der Waals surface area contributed by atoms with Gasteiger partial charge in [-0.1, -0.05) is 35.5 Å². The highest BCUT2D eigenvalue weighted by atomic mass is 35.5. The van der Waals surface area contributed by atoms with E-state index in [4.69, 9.17) is 16.3 Å². The van der Waals surface area contributed by atoms with Crippen LogP contribution in [0.4, 0.5) is 0 Å². The summed E-state index contributed by atoms with van der Waals surface area (Å²) in [7, 11) is 1.62. The maximum absolute atomic E-state index is 12.4. The van der Waals surface area contributed by atoms with Crippen molar-refractivity contribution >= 4 is 29.1 Å². The monoisotopic (exact) mass is 424 g/mol. The van der Waals surface area contributed by atoms with Gasteiger partial charge in [-0.3, -0.25) is 9.36 Å². The number of carbonyl (C=O) groups excluding carboxylic acids is 1. The van der Waals surface area contributed by atoms with E-state index >= 15 is 0 Å². The molecule has 4 aromatic rings. The van der Waals surface area contributed by atoms with Gasteiger partial charge in [0.1, 0.15) is 5.75 Å². The number of rotatable bonds is 7. The van der Waals surface area contributed by atoms with Crippen molar-refractivity contribution in [2.75, 3.05) is 12.9 Å². The lowest BCUT2D eigenvalue weighted by atomic mass is 10.2. The molecule has 8 heteroatoms. The van der Waals surface area contributed by atoms with Gasteiger partial charge < -0.3 is 9.72 Å². The number of thioether (sulfide) groups is 1. The highest BCUT2D eigenvalue weighted by molar-refractivity contribution is 7.99. The minimum absolute atomic E-state index is 0.00972. The van der Waals surface area contributed by atoms with E-state index in [2.05, 4.69) is 15.2 Å². The highest BCUT2D eigenvalue weighted by Crippen LogP contribution is 2.33. The predicted octanol–water partition coefficient (Wildman–Crippen LogP) is 4.90. The van der Waals surface area contributed by atoms with Crippen LogP contribution in [0.25, 0.3) is 17.1 Å². The van der Waals surface area contributed by atoms with Crippen LogP contribution in [0.3, 0.4) is 0 Å². The van der Waals surface area contributed by atoms with E-state index < -0.39 is 0 Å². The van der Waals surface area contributed by atoms with Crippen molar-refractivity contribution in [2.24, 2.45) is 0 Å². The molecule has 0 unspecified atom stereocenters. The predicted molar refractivity (Wildman–Crippen MR) is 114 cm³/mol. The molecule has 0 bridgehead atoms. The summed E-state index contributed by atoms with van der Waals surface area (Å²) in [6.45, 7) is 0. The number of hydrogen-bond acceptors (Lipinski definition) is 5. The molecule has 146 valence electrons. The number of benzene rings is 2. The lowest BCUT2D eigenvalue weighted by Gasteiger charge is -2.12. The van der Waals surface area contributed by atoms with Crippen LogP contribution in [0.1, 0.15) is 10.5 Å². The number of ether oxygens (including phenoxy) is 1. The van der Waals surface area contributed by atoms with Crippen LogP contribution in [0.5, 0.6) is 5.75 Å². The van der Waals surface area contributed by atoms with Crippen LogP contribution in [0.2, 0.25) is 5.02 Å². The summed E-state index contributed by atoms with van der Waals surface area (Å²) < 4.78 is 7.40. The Bertz CT molecular complexity index is 1120. The number of carbonyl (C=O) groups is 1. The summed E-state index contributed by atoms with van der Waals surface area (Å²) in [5, 5.41) is 9.98. The fourth-order valence-corrected chi connectivity index (χ4v) is 3.86. The summed E-state index contributed by atoms with van der Waals surface area (Å²) >= 11 is 7.39. The van der Waals surface area contributed by atoms with Gasteiger partial charge in [0.05, 0.1) is 24.1 Å². The van der Waals surface area contributed by atoms with Crippen LogP contribution in [0.15, 0.2) is 72.0 Å². The molecule has 4 rings (SSSR count). The Balaban J connectivity index is 1.74. The lowest BCUT2D eigenvalue weighted by Crippen LogP contribution is -2.05. The van der Waals surface area contributed by atoms with E-state index in [1.807, 2.05) is 41.0 Å². The van der Waals surface area contributed by atoms with Crippen LogP contribution < -0.4 is 4.74 Å². The van der Waals surface area contributed by atoms with Crippen molar-refractivity contribution in [3.63, 3.8) is 0 Å². The molecule has 0 radical (unpaired) electrons. The maximum Gasteiger partial charge on any atom is 0.196 e. The maximum atomic E-state index is 12.4. The molecule has 1 N–H and O–H groups in total. The number of aromatic amines is 1. The second-order valence-electron chi connectivity index (χ2n) is 6.11. The molecule has 29 heavy (non-hydrogen) atoms. The summed E-state index contributed by atoms with van der Waals surface area (Å²) in [6, 6.07) is 18.6. The third-order valence-corrected chi connectivity index (χ3v) is 5.48. The standard InChI is InChI=1S/C21H17ClN4O2S/c1-28-19-7-3-2-5-16(19)20-24-25-21(26(20)15-10-8-14(22)9-11-15)29-13-18(27)17-6-4-12-23-17/h2-12,23H,13H2,1H3. The SMILES string of the molecule is COc1ccccc1-c1nnc(SCC(=O)c2ccc[nH]2)n1-c1ccc(Cl)cc1. The fourth-order valence-electron chi connectivity index (χ4n) is 2.90. The molecule has 0 aliphatic rings. The minimum atomic E-state index is -0.00972. The topological polar surface area (TPSA) is 72.8 Å². The van der Waals surface area contributed by atoms with Crippen molar-refractivity contribution in [3.05, 3.63) is 77.6 Å². The van der Waals surface area contributed by atoms with Gasteiger partial charge in [0.25, 0.3) is 0 Å². The highest BCUT2D eigenvalue weighted by Gasteiger charge is 2.20.